The Morgan fingerprint density at radius 1 is 0.975 bits per heavy atom. The van der Waals surface area contributed by atoms with Gasteiger partial charge in [0, 0.05) is 0 Å². The molecule has 2 aromatic rings. The molecule has 226 valence electrons. The first-order valence-corrected chi connectivity index (χ1v) is 13.5. The number of carboxylic acid groups (broad SMARTS) is 1. The van der Waals surface area contributed by atoms with Gasteiger partial charge in [0.25, 0.3) is 0 Å². The number of nitrogens with zero attached hydrogens (tertiary/aromatic N) is 4. The Bertz CT molecular complexity index is 1110. The number of fused-ring (bicyclic) bond motifs is 1. The van der Waals surface area contributed by atoms with Gasteiger partial charge in [-0.25, -0.2) is 24.5 Å². The Morgan fingerprint density at radius 2 is 1.50 bits per heavy atom. The molecule has 0 bridgehead atoms. The summed E-state index contributed by atoms with van der Waals surface area (Å²) in [4.78, 5) is 44.5. The number of carboxylic acids is 1. The molecular formula is C21H35N6O12P. The minimum absolute atomic E-state index is 0.237. The second kappa shape index (κ2) is 17.2. The summed E-state index contributed by atoms with van der Waals surface area (Å²) in [6.45, 7) is 6.70. The summed E-state index contributed by atoms with van der Waals surface area (Å²) in [5.74, 6) is -0.731. The second-order valence-corrected chi connectivity index (χ2v) is 10.3. The van der Waals surface area contributed by atoms with Gasteiger partial charge in [-0.05, 0) is 34.6 Å². The number of ether oxygens (including phenoxy) is 5. The molecule has 0 spiro atoms. The van der Waals surface area contributed by atoms with E-state index in [4.69, 9.17) is 43.6 Å². The second-order valence-electron chi connectivity index (χ2n) is 8.26. The minimum Gasteiger partial charge on any atom is -0.480 e. The maximum absolute atomic E-state index is 13.1. The lowest BCUT2D eigenvalue weighted by Crippen LogP contribution is -2.20. The lowest BCUT2D eigenvalue weighted by atomic mass is 10.4. The van der Waals surface area contributed by atoms with Crippen LogP contribution in [0, 0.1) is 0 Å². The molecule has 18 nitrogen and oxygen atoms in total. The fraction of sp³-hybridized carbons (Fsp3) is 0.619. The molecular weight excluding hydrogens is 559 g/mol. The van der Waals surface area contributed by atoms with Crippen LogP contribution in [0.5, 0.6) is 0 Å². The standard InChI is InChI=1S/C19H30N5O10P.C2H5NO2/c1-12(2)33-18(25)28-9-31-35(27,32-10-29-19(26)34-13(3)4)11-30-14(5)6-24-8-23-15-16(20)21-7-22-17(15)24;3-1-2(4)5/h7-8,12-14H,6,9-11H2,1-5H3,(H2,20,21,22);1,3H2,(H,4,5)/t14-;/m1./s1. The molecule has 2 rings (SSSR count). The predicted octanol–water partition coefficient (Wildman–Crippen LogP) is 2.07. The van der Waals surface area contributed by atoms with E-state index in [1.165, 1.54) is 12.7 Å². The predicted molar refractivity (Wildman–Crippen MR) is 137 cm³/mol. The van der Waals surface area contributed by atoms with Crippen molar-refractivity contribution in [2.45, 2.75) is 59.5 Å². The molecule has 0 aliphatic rings. The summed E-state index contributed by atoms with van der Waals surface area (Å²) in [6, 6.07) is 0. The summed E-state index contributed by atoms with van der Waals surface area (Å²) in [6.07, 6.45) is -1.14. The maximum atomic E-state index is 13.1. The number of carbonyl (C=O) groups is 3. The zero-order valence-electron chi connectivity index (χ0n) is 22.8. The highest BCUT2D eigenvalue weighted by Gasteiger charge is 2.29. The third-order valence-corrected chi connectivity index (χ3v) is 5.55. The van der Waals surface area contributed by atoms with Gasteiger partial charge in [0.15, 0.2) is 11.5 Å². The van der Waals surface area contributed by atoms with Crippen LogP contribution in [-0.2, 0) is 48.6 Å². The smallest absolute Gasteiger partial charge is 0.480 e. The number of imidazole rings is 1. The molecule has 0 aromatic carbocycles. The molecule has 0 saturated heterocycles. The van der Waals surface area contributed by atoms with Crippen LogP contribution in [0.2, 0.25) is 0 Å². The van der Waals surface area contributed by atoms with Crippen LogP contribution in [0.4, 0.5) is 15.4 Å². The Labute approximate surface area is 229 Å². The highest BCUT2D eigenvalue weighted by molar-refractivity contribution is 7.53. The van der Waals surface area contributed by atoms with Gasteiger partial charge in [-0.1, -0.05) is 0 Å². The molecule has 19 heteroatoms. The number of hydrogen-bond acceptors (Lipinski definition) is 16. The van der Waals surface area contributed by atoms with Gasteiger partial charge >= 0.3 is 25.9 Å². The summed E-state index contributed by atoms with van der Waals surface area (Å²) in [7, 11) is -4.06. The average Bonchev–Trinajstić information content (AvgIpc) is 3.26. The van der Waals surface area contributed by atoms with Crippen molar-refractivity contribution in [2.75, 3.05) is 32.2 Å². The Morgan fingerprint density at radius 3 is 1.98 bits per heavy atom. The zero-order valence-corrected chi connectivity index (χ0v) is 23.6. The van der Waals surface area contributed by atoms with Crippen LogP contribution in [0.1, 0.15) is 34.6 Å². The van der Waals surface area contributed by atoms with Gasteiger partial charge in [0.1, 0.15) is 18.2 Å². The number of nitrogen functional groups attached to an aromatic ring is 1. The van der Waals surface area contributed by atoms with Gasteiger partial charge < -0.3 is 44.8 Å². The maximum Gasteiger partial charge on any atom is 0.510 e. The average molecular weight is 595 g/mol. The van der Waals surface area contributed by atoms with E-state index >= 15 is 0 Å². The van der Waals surface area contributed by atoms with Gasteiger partial charge in [-0.15, -0.1) is 0 Å². The molecule has 0 aliphatic carbocycles. The lowest BCUT2D eigenvalue weighted by Gasteiger charge is -2.21. The Kier molecular flexibility index (Phi) is 14.8. The molecule has 0 saturated carbocycles. The van der Waals surface area contributed by atoms with E-state index in [1.54, 1.807) is 39.2 Å². The van der Waals surface area contributed by atoms with Crippen LogP contribution < -0.4 is 11.5 Å². The topological polar surface area (TPSA) is 249 Å². The number of aromatic nitrogens is 4. The molecule has 1 atom stereocenters. The first-order chi connectivity index (χ1) is 18.8. The van der Waals surface area contributed by atoms with E-state index < -0.39 is 64.1 Å². The van der Waals surface area contributed by atoms with Crippen molar-refractivity contribution in [1.82, 2.24) is 19.5 Å². The molecule has 0 fully saturated rings. The molecule has 2 aromatic heterocycles. The highest BCUT2D eigenvalue weighted by Crippen LogP contribution is 2.48. The number of rotatable bonds is 14. The first kappa shape index (κ1) is 34.5. The van der Waals surface area contributed by atoms with Crippen LogP contribution in [-0.4, -0.2) is 87.7 Å². The monoisotopic (exact) mass is 594 g/mol. The summed E-state index contributed by atoms with van der Waals surface area (Å²) < 4.78 is 49.7. The van der Waals surface area contributed by atoms with E-state index in [9.17, 15) is 18.9 Å². The highest BCUT2D eigenvalue weighted by atomic mass is 31.2. The zero-order chi connectivity index (χ0) is 30.3. The molecule has 40 heavy (non-hydrogen) atoms. The van der Waals surface area contributed by atoms with Crippen molar-refractivity contribution in [3.63, 3.8) is 0 Å². The van der Waals surface area contributed by atoms with Gasteiger partial charge in [0.05, 0.1) is 37.7 Å². The van der Waals surface area contributed by atoms with Gasteiger partial charge in [-0.3, -0.25) is 18.4 Å². The van der Waals surface area contributed by atoms with Crippen molar-refractivity contribution in [1.29, 1.82) is 0 Å². The third-order valence-electron chi connectivity index (χ3n) is 4.09. The number of carbonyl (C=O) groups excluding carboxylic acids is 2. The van der Waals surface area contributed by atoms with Crippen molar-refractivity contribution in [3.8, 4) is 0 Å². The van der Waals surface area contributed by atoms with Crippen molar-refractivity contribution in [2.24, 2.45) is 5.73 Å². The van der Waals surface area contributed by atoms with E-state index in [0.29, 0.717) is 11.2 Å². The summed E-state index contributed by atoms with van der Waals surface area (Å²) in [5.41, 5.74) is 11.3. The third kappa shape index (κ3) is 13.5. The van der Waals surface area contributed by atoms with Crippen LogP contribution in [0.25, 0.3) is 11.2 Å². The molecule has 5 N–H and O–H groups in total. The summed E-state index contributed by atoms with van der Waals surface area (Å²) >= 11 is 0. The molecule has 2 heterocycles. The molecule has 0 aliphatic heterocycles. The van der Waals surface area contributed by atoms with Crippen molar-refractivity contribution >= 4 is 42.9 Å². The molecule has 0 amide bonds. The van der Waals surface area contributed by atoms with E-state index in [0.717, 1.165) is 0 Å². The van der Waals surface area contributed by atoms with E-state index in [2.05, 4.69) is 20.7 Å². The summed E-state index contributed by atoms with van der Waals surface area (Å²) in [5, 5.41) is 7.60. The normalized spacial score (nSPS) is 12.0. The van der Waals surface area contributed by atoms with Crippen LogP contribution in [0.15, 0.2) is 12.7 Å². The van der Waals surface area contributed by atoms with Gasteiger partial charge in [0.2, 0.25) is 13.6 Å². The van der Waals surface area contributed by atoms with Crippen molar-refractivity contribution < 1.29 is 56.8 Å². The van der Waals surface area contributed by atoms with Crippen molar-refractivity contribution in [3.05, 3.63) is 12.7 Å². The largest absolute Gasteiger partial charge is 0.510 e. The fourth-order valence-electron chi connectivity index (χ4n) is 2.45. The first-order valence-electron chi connectivity index (χ1n) is 11.8. The SMILES string of the molecule is CC(C)OC(=O)OCOP(=O)(CO[C@H](C)Cn1cnc2c(N)ncnc21)OCOC(=O)OC(C)C.NCC(=O)O. The van der Waals surface area contributed by atoms with Crippen LogP contribution in [0.3, 0.4) is 0 Å². The Balaban J connectivity index is 0.00000146. The van der Waals surface area contributed by atoms with E-state index in [-0.39, 0.29) is 18.9 Å². The molecule has 0 radical (unpaired) electrons. The number of hydrogen-bond donors (Lipinski definition) is 3. The quantitative estimate of drug-likeness (QED) is 0.161. The van der Waals surface area contributed by atoms with Crippen LogP contribution >= 0.6 is 7.60 Å². The fourth-order valence-corrected chi connectivity index (χ4v) is 3.54. The van der Waals surface area contributed by atoms with Gasteiger partial charge in [-0.2, -0.15) is 0 Å². The number of nitrogens with two attached hydrogens (primary N) is 2. The molecule has 0 unspecified atom stereocenters. The lowest BCUT2D eigenvalue weighted by molar-refractivity contribution is -0.135. The van der Waals surface area contributed by atoms with E-state index in [1.807, 2.05) is 0 Å². The minimum atomic E-state index is -4.06. The number of aliphatic carboxylic acids is 1. The Hall–Kier alpha value is -3.57. The number of anilines is 1.